The molecular formula is C22H37NO10. The van der Waals surface area contributed by atoms with Crippen molar-refractivity contribution in [3.05, 3.63) is 29.8 Å². The lowest BCUT2D eigenvalue weighted by molar-refractivity contribution is -0.165. The molecule has 0 radical (unpaired) electrons. The summed E-state index contributed by atoms with van der Waals surface area (Å²) in [6, 6.07) is 8.09. The minimum absolute atomic E-state index is 0.237. The quantitative estimate of drug-likeness (QED) is 0.192. The topological polar surface area (TPSA) is 175 Å². The van der Waals surface area contributed by atoms with Gasteiger partial charge in [-0.05, 0) is 31.5 Å². The lowest BCUT2D eigenvalue weighted by Crippen LogP contribution is -2.39. The molecule has 1 rings (SSSR count). The number of carboxylic acids is 2. The maximum Gasteiger partial charge on any atom is 0.335 e. The van der Waals surface area contributed by atoms with Gasteiger partial charge in [-0.2, -0.15) is 0 Å². The molecular weight excluding hydrogens is 438 g/mol. The Bertz CT molecular complexity index is 648. The van der Waals surface area contributed by atoms with Crippen molar-refractivity contribution in [1.29, 1.82) is 0 Å². The second-order valence-corrected chi connectivity index (χ2v) is 7.71. The summed E-state index contributed by atoms with van der Waals surface area (Å²) in [6.07, 6.45) is -4.81. The van der Waals surface area contributed by atoms with Gasteiger partial charge in [0.15, 0.2) is 12.2 Å². The molecule has 0 saturated heterocycles. The van der Waals surface area contributed by atoms with Gasteiger partial charge in [-0.15, -0.1) is 0 Å². The van der Waals surface area contributed by atoms with Crippen LogP contribution < -0.4 is 10.1 Å². The summed E-state index contributed by atoms with van der Waals surface area (Å²) in [7, 11) is 0. The van der Waals surface area contributed by atoms with Gasteiger partial charge in [0.2, 0.25) is 0 Å². The van der Waals surface area contributed by atoms with Crippen molar-refractivity contribution in [1.82, 2.24) is 5.32 Å². The zero-order valence-corrected chi connectivity index (χ0v) is 19.5. The fraction of sp³-hybridized carbons (Fsp3) is 0.636. The molecule has 11 nitrogen and oxygen atoms in total. The molecule has 0 bridgehead atoms. The van der Waals surface area contributed by atoms with Crippen LogP contribution in [0.3, 0.4) is 0 Å². The number of nitrogens with one attached hydrogen (secondary N) is 1. The van der Waals surface area contributed by atoms with Crippen molar-refractivity contribution in [2.75, 3.05) is 26.4 Å². The van der Waals surface area contributed by atoms with Crippen LogP contribution in [0.25, 0.3) is 0 Å². The summed E-state index contributed by atoms with van der Waals surface area (Å²) in [5.41, 5.74) is 1.09. The number of ether oxygens (including phenoxy) is 3. The van der Waals surface area contributed by atoms with E-state index in [0.29, 0.717) is 32.4 Å². The van der Waals surface area contributed by atoms with Crippen molar-refractivity contribution in [2.45, 2.75) is 64.8 Å². The SMILES string of the molecule is CC(C)NC[C@H](O)COc1ccc(COCCOC(C)C)cc1.O=C(O)C(O)C(O)C(=O)O. The third-order valence-electron chi connectivity index (χ3n) is 3.88. The Hall–Kier alpha value is -2.28. The first-order valence-electron chi connectivity index (χ1n) is 10.6. The molecule has 33 heavy (non-hydrogen) atoms. The third-order valence-corrected chi connectivity index (χ3v) is 3.88. The molecule has 0 amide bonds. The molecule has 0 saturated carbocycles. The van der Waals surface area contributed by atoms with Gasteiger partial charge in [0.1, 0.15) is 18.5 Å². The second-order valence-electron chi connectivity index (χ2n) is 7.71. The van der Waals surface area contributed by atoms with E-state index < -0.39 is 30.3 Å². The van der Waals surface area contributed by atoms with Gasteiger partial charge in [-0.3, -0.25) is 0 Å². The predicted octanol–water partition coefficient (Wildman–Crippen LogP) is 0.243. The fourth-order valence-corrected chi connectivity index (χ4v) is 2.11. The summed E-state index contributed by atoms with van der Waals surface area (Å²) in [5.74, 6) is -2.79. The summed E-state index contributed by atoms with van der Waals surface area (Å²) in [6.45, 7) is 10.7. The smallest absolute Gasteiger partial charge is 0.335 e. The highest BCUT2D eigenvalue weighted by molar-refractivity contribution is 5.83. The molecule has 11 heteroatoms. The number of hydrogen-bond donors (Lipinski definition) is 6. The molecule has 0 aliphatic rings. The molecule has 1 aromatic rings. The lowest BCUT2D eigenvalue weighted by atomic mass is 10.2. The highest BCUT2D eigenvalue weighted by Crippen LogP contribution is 2.13. The Kier molecular flexibility index (Phi) is 16.0. The van der Waals surface area contributed by atoms with Gasteiger partial charge < -0.3 is 45.1 Å². The predicted molar refractivity (Wildman–Crippen MR) is 119 cm³/mol. The number of carboxylic acid groups (broad SMARTS) is 2. The maximum atomic E-state index is 9.80. The Morgan fingerprint density at radius 1 is 0.909 bits per heavy atom. The lowest BCUT2D eigenvalue weighted by Gasteiger charge is -2.15. The van der Waals surface area contributed by atoms with Crippen molar-refractivity contribution < 1.29 is 49.3 Å². The average Bonchev–Trinajstić information content (AvgIpc) is 2.75. The molecule has 0 fully saturated rings. The van der Waals surface area contributed by atoms with Crippen molar-refractivity contribution >= 4 is 11.9 Å². The molecule has 0 heterocycles. The normalized spacial score (nSPS) is 13.7. The van der Waals surface area contributed by atoms with E-state index in [4.69, 9.17) is 34.6 Å². The number of rotatable bonds is 15. The Morgan fingerprint density at radius 3 is 1.91 bits per heavy atom. The second kappa shape index (κ2) is 17.2. The molecule has 0 aliphatic carbocycles. The highest BCUT2D eigenvalue weighted by atomic mass is 16.5. The van der Waals surface area contributed by atoms with Gasteiger partial charge in [0.05, 0.1) is 25.9 Å². The monoisotopic (exact) mass is 475 g/mol. The van der Waals surface area contributed by atoms with E-state index in [1.165, 1.54) is 0 Å². The van der Waals surface area contributed by atoms with Gasteiger partial charge in [-0.25, -0.2) is 9.59 Å². The number of aliphatic hydroxyl groups is 3. The zero-order valence-electron chi connectivity index (χ0n) is 19.5. The Morgan fingerprint density at radius 2 is 1.45 bits per heavy atom. The summed E-state index contributed by atoms with van der Waals surface area (Å²) in [5, 5.41) is 45.5. The van der Waals surface area contributed by atoms with Crippen molar-refractivity contribution in [3.8, 4) is 5.75 Å². The molecule has 0 aliphatic heterocycles. The average molecular weight is 476 g/mol. The molecule has 3 atom stereocenters. The van der Waals surface area contributed by atoms with E-state index in [1.54, 1.807) is 0 Å². The van der Waals surface area contributed by atoms with Crippen LogP contribution in [0.15, 0.2) is 24.3 Å². The standard InChI is InChI=1S/C18H31NO4.C4H6O6/c1-14(2)19-11-17(20)13-23-18-7-5-16(6-8-18)12-21-9-10-22-15(3)4;5-1(3(7)8)2(6)4(9)10/h5-8,14-15,17,19-20H,9-13H2,1-4H3;1-2,5-6H,(H,7,8)(H,9,10)/t17-;/m0./s1. The van der Waals surface area contributed by atoms with Gasteiger partial charge in [-0.1, -0.05) is 26.0 Å². The number of carbonyl (C=O) groups is 2. The Labute approximate surface area is 193 Å². The Balaban J connectivity index is 0.000000861. The largest absolute Gasteiger partial charge is 0.491 e. The molecule has 0 spiro atoms. The van der Waals surface area contributed by atoms with Gasteiger partial charge >= 0.3 is 11.9 Å². The molecule has 1 aromatic carbocycles. The number of hydrogen-bond acceptors (Lipinski definition) is 9. The van der Waals surface area contributed by atoms with Crippen LogP contribution in [0.4, 0.5) is 0 Å². The van der Waals surface area contributed by atoms with Gasteiger partial charge in [0.25, 0.3) is 0 Å². The van der Waals surface area contributed by atoms with Crippen LogP contribution in [0.2, 0.25) is 0 Å². The summed E-state index contributed by atoms with van der Waals surface area (Å²) >= 11 is 0. The van der Waals surface area contributed by atoms with E-state index in [0.717, 1.165) is 11.3 Å². The highest BCUT2D eigenvalue weighted by Gasteiger charge is 2.29. The van der Waals surface area contributed by atoms with Crippen LogP contribution in [-0.2, 0) is 25.7 Å². The van der Waals surface area contributed by atoms with Crippen LogP contribution >= 0.6 is 0 Å². The first-order chi connectivity index (χ1) is 15.4. The first-order valence-corrected chi connectivity index (χ1v) is 10.6. The van der Waals surface area contributed by atoms with Crippen LogP contribution in [0, 0.1) is 0 Å². The number of benzene rings is 1. The molecule has 0 aromatic heterocycles. The van der Waals surface area contributed by atoms with Crippen molar-refractivity contribution in [2.24, 2.45) is 0 Å². The van der Waals surface area contributed by atoms with E-state index in [-0.39, 0.29) is 12.7 Å². The summed E-state index contributed by atoms with van der Waals surface area (Å²) in [4.78, 5) is 19.5. The van der Waals surface area contributed by atoms with Crippen molar-refractivity contribution in [3.63, 3.8) is 0 Å². The molecule has 190 valence electrons. The van der Waals surface area contributed by atoms with Crippen LogP contribution in [0.1, 0.15) is 33.3 Å². The van der Waals surface area contributed by atoms with E-state index >= 15 is 0 Å². The maximum absolute atomic E-state index is 9.80. The minimum atomic E-state index is -2.27. The minimum Gasteiger partial charge on any atom is -0.491 e. The van der Waals surface area contributed by atoms with Crippen LogP contribution in [-0.4, -0.2) is 94.3 Å². The van der Waals surface area contributed by atoms with Crippen LogP contribution in [0.5, 0.6) is 5.75 Å². The molecule has 2 unspecified atom stereocenters. The fourth-order valence-electron chi connectivity index (χ4n) is 2.11. The zero-order chi connectivity index (χ0) is 25.4. The van der Waals surface area contributed by atoms with E-state index in [2.05, 4.69) is 5.32 Å². The summed E-state index contributed by atoms with van der Waals surface area (Å²) < 4.78 is 16.5. The molecule has 6 N–H and O–H groups in total. The number of aliphatic hydroxyl groups excluding tert-OH is 3. The first kappa shape index (κ1) is 30.7. The van der Waals surface area contributed by atoms with E-state index in [9.17, 15) is 14.7 Å². The third kappa shape index (κ3) is 16.1. The van der Waals surface area contributed by atoms with Gasteiger partial charge in [0, 0.05) is 12.6 Å². The van der Waals surface area contributed by atoms with E-state index in [1.807, 2.05) is 52.0 Å². The number of aliphatic carboxylic acids is 2.